The van der Waals surface area contributed by atoms with Crippen molar-refractivity contribution in [1.82, 2.24) is 0 Å². The third-order valence-electron chi connectivity index (χ3n) is 4.32. The Kier molecular flexibility index (Phi) is 2.08. The van der Waals surface area contributed by atoms with E-state index in [-0.39, 0.29) is 5.78 Å². The molecule has 92 valence electrons. The van der Waals surface area contributed by atoms with Crippen molar-refractivity contribution < 1.29 is 4.79 Å². The molecule has 0 radical (unpaired) electrons. The van der Waals surface area contributed by atoms with E-state index in [0.717, 1.165) is 5.57 Å². The minimum atomic E-state index is 0.157. The zero-order valence-electron chi connectivity index (χ0n) is 10.8. The molecule has 1 aromatic carbocycles. The molecule has 2 atom stereocenters. The summed E-state index contributed by atoms with van der Waals surface area (Å²) in [6.07, 6.45) is 12.9. The Morgan fingerprint density at radius 1 is 1.00 bits per heavy atom. The third kappa shape index (κ3) is 1.39. The van der Waals surface area contributed by atoms with Crippen molar-refractivity contribution in [3.8, 4) is 0 Å². The lowest BCUT2D eigenvalue weighted by Gasteiger charge is -2.36. The molecule has 2 unspecified atom stereocenters. The number of rotatable bonds is 1. The molecule has 1 nitrogen and oxygen atoms in total. The van der Waals surface area contributed by atoms with Crippen LogP contribution in [0.15, 0.2) is 53.6 Å². The Morgan fingerprint density at radius 2 is 1.74 bits per heavy atom. The van der Waals surface area contributed by atoms with Gasteiger partial charge in [-0.25, -0.2) is 0 Å². The van der Waals surface area contributed by atoms with Gasteiger partial charge in [0.2, 0.25) is 0 Å². The highest BCUT2D eigenvalue weighted by Gasteiger charge is 2.34. The number of allylic oxidation sites excluding steroid dienone is 6. The van der Waals surface area contributed by atoms with Gasteiger partial charge in [0, 0.05) is 17.4 Å². The summed E-state index contributed by atoms with van der Waals surface area (Å²) in [5.41, 5.74) is 6.02. The van der Waals surface area contributed by atoms with Crippen molar-refractivity contribution in [1.29, 1.82) is 0 Å². The molecule has 0 aromatic heterocycles. The fourth-order valence-corrected chi connectivity index (χ4v) is 3.47. The van der Waals surface area contributed by atoms with Crippen molar-refractivity contribution in [2.24, 2.45) is 5.92 Å². The number of carbonyl (C=O) groups is 1. The smallest absolute Gasteiger partial charge is 0.160 e. The van der Waals surface area contributed by atoms with Crippen molar-refractivity contribution in [3.63, 3.8) is 0 Å². The summed E-state index contributed by atoms with van der Waals surface area (Å²) in [4.78, 5) is 11.8. The molecular weight excluding hydrogens is 232 g/mol. The highest BCUT2D eigenvalue weighted by molar-refractivity contribution is 5.99. The first-order chi connectivity index (χ1) is 9.25. The van der Waals surface area contributed by atoms with E-state index in [1.807, 2.05) is 6.08 Å². The molecule has 0 saturated carbocycles. The summed E-state index contributed by atoms with van der Waals surface area (Å²) in [5, 5.41) is 0. The maximum Gasteiger partial charge on any atom is 0.160 e. The lowest BCUT2D eigenvalue weighted by atomic mass is 9.67. The number of hydrogen-bond donors (Lipinski definition) is 0. The van der Waals surface area contributed by atoms with E-state index in [1.165, 1.54) is 22.3 Å². The normalized spacial score (nSPS) is 25.5. The topological polar surface area (TPSA) is 17.1 Å². The van der Waals surface area contributed by atoms with Crippen molar-refractivity contribution >= 4 is 17.9 Å². The number of ketones is 1. The maximum atomic E-state index is 11.8. The Morgan fingerprint density at radius 3 is 2.53 bits per heavy atom. The molecule has 0 amide bonds. The van der Waals surface area contributed by atoms with Crippen molar-refractivity contribution in [2.75, 3.05) is 0 Å². The van der Waals surface area contributed by atoms with E-state index in [9.17, 15) is 4.79 Å². The van der Waals surface area contributed by atoms with Gasteiger partial charge in [0.25, 0.3) is 0 Å². The van der Waals surface area contributed by atoms with Crippen LogP contribution in [0.2, 0.25) is 0 Å². The van der Waals surface area contributed by atoms with E-state index in [1.54, 1.807) is 6.92 Å². The monoisotopic (exact) mass is 246 g/mol. The zero-order chi connectivity index (χ0) is 13.0. The molecule has 1 heteroatoms. The average molecular weight is 246 g/mol. The van der Waals surface area contributed by atoms with Crippen LogP contribution in [0.1, 0.15) is 29.5 Å². The van der Waals surface area contributed by atoms with Gasteiger partial charge in [-0.3, -0.25) is 4.79 Å². The summed E-state index contributed by atoms with van der Waals surface area (Å²) in [6.45, 7) is 1.65. The molecule has 19 heavy (non-hydrogen) atoms. The Balaban J connectivity index is 2.04. The molecule has 3 aliphatic carbocycles. The van der Waals surface area contributed by atoms with E-state index in [4.69, 9.17) is 0 Å². The van der Waals surface area contributed by atoms with Gasteiger partial charge in [-0.05, 0) is 29.2 Å². The van der Waals surface area contributed by atoms with Crippen LogP contribution in [0.5, 0.6) is 0 Å². The standard InChI is InChI=1S/C18H14O/c1-11(19)15-9-7-14-6-5-12-3-2-4-13-8-10-16(15)18(14)17(12)13/h2-10,14,18H,1H3. The summed E-state index contributed by atoms with van der Waals surface area (Å²) in [6, 6.07) is 6.42. The summed E-state index contributed by atoms with van der Waals surface area (Å²) in [5.74, 6) is 0.867. The second kappa shape index (κ2) is 3.67. The number of hydrogen-bond acceptors (Lipinski definition) is 1. The van der Waals surface area contributed by atoms with Crippen molar-refractivity contribution in [2.45, 2.75) is 12.8 Å². The average Bonchev–Trinajstić information content (AvgIpc) is 2.44. The summed E-state index contributed by atoms with van der Waals surface area (Å²) < 4.78 is 0. The lowest BCUT2D eigenvalue weighted by Crippen LogP contribution is -2.23. The van der Waals surface area contributed by atoms with Gasteiger partial charge in [0.15, 0.2) is 5.78 Å². The van der Waals surface area contributed by atoms with Gasteiger partial charge in [0.05, 0.1) is 0 Å². The van der Waals surface area contributed by atoms with E-state index < -0.39 is 0 Å². The third-order valence-corrected chi connectivity index (χ3v) is 4.32. The fraction of sp³-hybridized carbons (Fsp3) is 0.167. The van der Waals surface area contributed by atoms with E-state index >= 15 is 0 Å². The number of benzene rings is 1. The molecule has 1 aromatic rings. The van der Waals surface area contributed by atoms with Crippen LogP contribution in [0.4, 0.5) is 0 Å². The van der Waals surface area contributed by atoms with E-state index in [0.29, 0.717) is 11.8 Å². The van der Waals surface area contributed by atoms with Crippen LogP contribution < -0.4 is 0 Å². The predicted molar refractivity (Wildman–Crippen MR) is 77.6 cm³/mol. The Labute approximate surface area is 112 Å². The number of carbonyl (C=O) groups excluding carboxylic acids is 1. The molecular formula is C18H14O. The molecule has 0 spiro atoms. The van der Waals surface area contributed by atoms with Gasteiger partial charge in [0.1, 0.15) is 0 Å². The van der Waals surface area contributed by atoms with Gasteiger partial charge >= 0.3 is 0 Å². The number of Topliss-reactive ketones (excluding diaryl/α,β-unsaturated/α-hetero) is 1. The molecule has 0 heterocycles. The first-order valence-corrected chi connectivity index (χ1v) is 6.68. The SMILES string of the molecule is CC(=O)C1=C2C=Cc3cccc4c3C2C(C=C1)C=C4. The first kappa shape index (κ1) is 10.7. The molecule has 0 N–H and O–H groups in total. The lowest BCUT2D eigenvalue weighted by molar-refractivity contribution is -0.113. The largest absolute Gasteiger partial charge is 0.295 e. The van der Waals surface area contributed by atoms with Gasteiger partial charge < -0.3 is 0 Å². The second-order valence-corrected chi connectivity index (χ2v) is 5.38. The molecule has 0 saturated heterocycles. The van der Waals surface area contributed by atoms with E-state index in [2.05, 4.69) is 48.6 Å². The molecule has 0 aliphatic heterocycles. The summed E-state index contributed by atoms with van der Waals surface area (Å²) in [7, 11) is 0. The van der Waals surface area contributed by atoms with Crippen LogP contribution >= 0.6 is 0 Å². The minimum absolute atomic E-state index is 0.157. The second-order valence-electron chi connectivity index (χ2n) is 5.38. The fourth-order valence-electron chi connectivity index (χ4n) is 3.47. The molecule has 3 aliphatic rings. The maximum absolute atomic E-state index is 11.8. The molecule has 4 rings (SSSR count). The van der Waals surface area contributed by atoms with Gasteiger partial charge in [-0.2, -0.15) is 0 Å². The predicted octanol–water partition coefficient (Wildman–Crippen LogP) is 3.90. The quantitative estimate of drug-likeness (QED) is 0.734. The minimum Gasteiger partial charge on any atom is -0.295 e. The highest BCUT2D eigenvalue weighted by atomic mass is 16.1. The summed E-state index contributed by atoms with van der Waals surface area (Å²) >= 11 is 0. The van der Waals surface area contributed by atoms with Gasteiger partial charge in [-0.1, -0.05) is 54.7 Å². The Bertz CT molecular complexity index is 713. The van der Waals surface area contributed by atoms with Gasteiger partial charge in [-0.15, -0.1) is 0 Å². The Hall–Kier alpha value is -2.15. The van der Waals surface area contributed by atoms with Crippen LogP contribution in [0, 0.1) is 5.92 Å². The first-order valence-electron chi connectivity index (χ1n) is 6.68. The molecule has 0 fully saturated rings. The molecule has 0 bridgehead atoms. The van der Waals surface area contributed by atoms with Crippen molar-refractivity contribution in [3.05, 3.63) is 70.3 Å². The van der Waals surface area contributed by atoms with Crippen LogP contribution in [-0.2, 0) is 4.79 Å². The van der Waals surface area contributed by atoms with Crippen LogP contribution in [0.3, 0.4) is 0 Å². The van der Waals surface area contributed by atoms with Crippen LogP contribution in [-0.4, -0.2) is 5.78 Å². The highest BCUT2D eigenvalue weighted by Crippen LogP contribution is 2.48. The van der Waals surface area contributed by atoms with Crippen LogP contribution in [0.25, 0.3) is 12.2 Å². The zero-order valence-corrected chi connectivity index (χ0v) is 10.8.